The largest absolute Gasteiger partial charge is 0.508 e. The predicted octanol–water partition coefficient (Wildman–Crippen LogP) is -7.37. The Hall–Kier alpha value is -10.4. The van der Waals surface area contributed by atoms with Gasteiger partial charge in [0, 0.05) is 37.3 Å². The van der Waals surface area contributed by atoms with E-state index in [0.717, 1.165) is 18.7 Å². The van der Waals surface area contributed by atoms with Crippen LogP contribution in [0.15, 0.2) is 24.3 Å². The molecule has 0 bridgehead atoms. The van der Waals surface area contributed by atoms with Gasteiger partial charge in [0.25, 0.3) is 0 Å². The molecule has 42 heteroatoms. The Morgan fingerprint density at radius 3 is 1.81 bits per heavy atom. The summed E-state index contributed by atoms with van der Waals surface area (Å²) in [6, 6.07) is -15.2. The molecule has 1 aromatic rings. The number of thioether (sulfide) groups is 2. The van der Waals surface area contributed by atoms with Gasteiger partial charge in [-0.05, 0) is 100 Å². The number of aliphatic carboxylic acids is 3. The lowest BCUT2D eigenvalue weighted by Crippen LogP contribution is -2.61. The summed E-state index contributed by atoms with van der Waals surface area (Å²) in [6.45, 7) is 6.64. The number of carboxylic acid groups (broad SMARTS) is 3. The number of hydrogen-bond donors (Lipinski definition) is 20. The fourth-order valence-electron chi connectivity index (χ4n) is 10.5. The molecule has 13 atom stereocenters. The molecule has 0 aromatic heterocycles. The third-order valence-corrected chi connectivity index (χ3v) is 18.2. The van der Waals surface area contributed by atoms with E-state index in [1.165, 1.54) is 37.7 Å². The summed E-state index contributed by atoms with van der Waals surface area (Å²) in [4.78, 5) is 257. The van der Waals surface area contributed by atoms with Crippen molar-refractivity contribution in [2.75, 3.05) is 43.1 Å². The highest BCUT2D eigenvalue weighted by molar-refractivity contribution is 7.99. The van der Waals surface area contributed by atoms with Gasteiger partial charge in [0.1, 0.15) is 78.3 Å². The van der Waals surface area contributed by atoms with Gasteiger partial charge in [0.05, 0.1) is 25.6 Å². The number of nitrogens with one attached hydrogen (secondary N) is 13. The Bertz CT molecular complexity index is 3390. The van der Waals surface area contributed by atoms with Crippen molar-refractivity contribution in [2.24, 2.45) is 29.0 Å². The number of aromatic hydroxyl groups is 1. The van der Waals surface area contributed by atoms with Crippen LogP contribution in [0.1, 0.15) is 111 Å². The van der Waals surface area contributed by atoms with Crippen molar-refractivity contribution in [3.8, 4) is 5.75 Å². The van der Waals surface area contributed by atoms with Crippen LogP contribution in [0.4, 0.5) is 0 Å². The van der Waals surface area contributed by atoms with Crippen LogP contribution >= 0.6 is 23.5 Å². The van der Waals surface area contributed by atoms with Gasteiger partial charge in [-0.2, -0.15) is 23.5 Å². The molecule has 0 aliphatic carbocycles. The van der Waals surface area contributed by atoms with Crippen molar-refractivity contribution in [3.63, 3.8) is 0 Å². The van der Waals surface area contributed by atoms with Crippen molar-refractivity contribution < 1.29 is 112 Å². The van der Waals surface area contributed by atoms with Crippen molar-refractivity contribution in [3.05, 3.63) is 29.8 Å². The van der Waals surface area contributed by atoms with Gasteiger partial charge in [-0.15, -0.1) is 0 Å². The lowest BCUT2D eigenvalue weighted by atomic mass is 10.0. The second kappa shape index (κ2) is 44.4. The zero-order valence-corrected chi connectivity index (χ0v) is 61.2. The second-order valence-corrected chi connectivity index (χ2v) is 27.8. The van der Waals surface area contributed by atoms with E-state index in [9.17, 15) is 112 Å². The maximum atomic E-state index is 14.8. The number of primary amides is 2. The quantitative estimate of drug-likeness (QED) is 0.0305. The Labute approximate surface area is 617 Å². The summed E-state index contributed by atoms with van der Waals surface area (Å²) < 4.78 is 0. The van der Waals surface area contributed by atoms with Gasteiger partial charge in [-0.3, -0.25) is 86.3 Å². The van der Waals surface area contributed by atoms with Gasteiger partial charge in [0.15, 0.2) is 0 Å². The zero-order valence-electron chi connectivity index (χ0n) is 59.5. The van der Waals surface area contributed by atoms with Crippen molar-refractivity contribution >= 4 is 136 Å². The molecule has 2 heterocycles. The molecule has 40 nitrogen and oxygen atoms in total. The summed E-state index contributed by atoms with van der Waals surface area (Å²) in [7, 11) is 0. The molecule has 106 heavy (non-hydrogen) atoms. The highest BCUT2D eigenvalue weighted by Gasteiger charge is 2.42. The van der Waals surface area contributed by atoms with E-state index >= 15 is 0 Å². The Morgan fingerprint density at radius 2 is 1.22 bits per heavy atom. The second-order valence-electron chi connectivity index (χ2n) is 25.8. The Kier molecular flexibility index (Phi) is 37.6. The number of carbonyl (C=O) groups excluding carboxylic acids is 16. The SMILES string of the molecule is CSCC[C@H](NC(=O)[C@@H]1CCCN1C(=O)[C@@H](NC(=O)[C@H](CCC(N)=O)NC(=O)CNC(=O)[C@@H](N)Cc1ccc(O)cc1)C(C)C)C(=O)N[C@H]1CSC[C@@H](C(=O)N[C@@H](C)C(=O)N[C@H](C(=O)O)C(C)C)NC(=O)[C@H](CCC(N)=O)NC(=O)C(CCC(=O)O)NC(=O)CNC(=O)[C@H](C)NC(=O)C(CC(=O)O)NC1=O. The number of phenolic OH excluding ortho intramolecular Hbond substituents is 1. The van der Waals surface area contributed by atoms with Gasteiger partial charge in [-0.1, -0.05) is 39.8 Å². The monoisotopic (exact) mass is 1540 g/mol. The maximum absolute atomic E-state index is 14.8. The van der Waals surface area contributed by atoms with Gasteiger partial charge < -0.3 is 112 Å². The Morgan fingerprint density at radius 1 is 0.632 bits per heavy atom. The Balaban J connectivity index is 2.09. The molecule has 2 saturated heterocycles. The van der Waals surface area contributed by atoms with E-state index in [1.54, 1.807) is 32.2 Å². The highest BCUT2D eigenvalue weighted by Crippen LogP contribution is 2.22. The van der Waals surface area contributed by atoms with Gasteiger partial charge in [0.2, 0.25) is 94.5 Å². The van der Waals surface area contributed by atoms with E-state index in [2.05, 4.69) is 69.1 Å². The molecule has 2 unspecified atom stereocenters. The molecular formula is C64H97N17O23S2. The molecule has 0 spiro atoms. The topological polar surface area (TPSA) is 643 Å². The molecule has 2 fully saturated rings. The number of carbonyl (C=O) groups is 19. The number of likely N-dealkylation sites (tertiary alicyclic amines) is 1. The smallest absolute Gasteiger partial charge is 0.326 e. The number of benzene rings is 1. The first-order valence-electron chi connectivity index (χ1n) is 33.7. The van der Waals surface area contributed by atoms with Gasteiger partial charge in [-0.25, -0.2) is 4.79 Å². The number of nitrogens with zero attached hydrogens (tertiary/aromatic N) is 1. The summed E-state index contributed by atoms with van der Waals surface area (Å²) in [5.74, 6) is -24.0. The minimum Gasteiger partial charge on any atom is -0.508 e. The van der Waals surface area contributed by atoms with Crippen molar-refractivity contribution in [1.82, 2.24) is 74.0 Å². The van der Waals surface area contributed by atoms with Crippen LogP contribution in [0.3, 0.4) is 0 Å². The van der Waals surface area contributed by atoms with Crippen molar-refractivity contribution in [2.45, 2.75) is 191 Å². The van der Waals surface area contributed by atoms with Crippen LogP contribution in [0.2, 0.25) is 0 Å². The molecule has 3 rings (SSSR count). The minimum absolute atomic E-state index is 0.000223. The molecule has 0 saturated carbocycles. The summed E-state index contributed by atoms with van der Waals surface area (Å²) in [6.07, 6.45) is -2.89. The van der Waals surface area contributed by atoms with E-state index in [0.29, 0.717) is 17.3 Å². The highest BCUT2D eigenvalue weighted by atomic mass is 32.2. The lowest BCUT2D eigenvalue weighted by Gasteiger charge is -2.32. The normalized spacial score (nSPS) is 21.0. The third-order valence-electron chi connectivity index (χ3n) is 16.4. The molecule has 588 valence electrons. The van der Waals surface area contributed by atoms with Crippen LogP contribution in [0.5, 0.6) is 5.75 Å². The third kappa shape index (κ3) is 31.1. The number of rotatable bonds is 34. The zero-order chi connectivity index (χ0) is 79.8. The summed E-state index contributed by atoms with van der Waals surface area (Å²) in [5, 5.41) is 69.4. The van der Waals surface area contributed by atoms with E-state index < -0.39 is 266 Å². The molecule has 1 aromatic carbocycles. The van der Waals surface area contributed by atoms with Crippen LogP contribution < -0.4 is 86.3 Å². The molecule has 0 radical (unpaired) electrons. The fourth-order valence-corrected chi connectivity index (χ4v) is 12.0. The van der Waals surface area contributed by atoms with Crippen LogP contribution in [-0.4, -0.2) is 259 Å². The van der Waals surface area contributed by atoms with E-state index in [1.807, 2.05) is 0 Å². The van der Waals surface area contributed by atoms with E-state index in [-0.39, 0.29) is 50.2 Å². The summed E-state index contributed by atoms with van der Waals surface area (Å²) >= 11 is 1.80. The maximum Gasteiger partial charge on any atom is 0.326 e. The average molecular weight is 1540 g/mol. The predicted molar refractivity (Wildman–Crippen MR) is 377 cm³/mol. The fraction of sp³-hybridized carbons (Fsp3) is 0.609. The standard InChI is InChI=1S/C64H97N17O23S2/c1-29(2)50(79-58(97)36(14-17-44(66)83)72-47(86)26-69-54(93)35(65)23-33-10-12-34(82)13-11-33)63(102)81-21-8-9-43(81)62(101)75-39(20-22-105-7)57(96)78-42-28-106-27-41(60(99)71-32(6)53(92)80-51(30(3)4)64(103)104)77-56(95)38(15-18-45(67)84)74-55(94)37(16-19-48(87)88)73-46(85)25-68-52(91)31(5)70-59(98)40(24-49(89)90)76-61(42)100/h10-13,29-32,35-43,50-51,82H,8-9,14-28,65H2,1-7H3,(H2,66,83)(H2,67,84)(H,68,91)(H,69,93)(H,70,98)(H,71,99)(H,72,86)(H,73,85)(H,74,94)(H,75,101)(H,76,100)(H,77,95)(H,78,96)(H,79,97)(H,80,92)(H,87,88)(H,89,90)(H,103,104)/t31-,32-,35-,36-,37?,38-,39-,40?,41-,42-,43-,50-,51-/m0/s1. The lowest BCUT2D eigenvalue weighted by molar-refractivity contribution is -0.143. The average Bonchev–Trinajstić information content (AvgIpc) is 1.61. The number of nitrogens with two attached hydrogens (primary N) is 3. The van der Waals surface area contributed by atoms with Gasteiger partial charge >= 0.3 is 17.9 Å². The molecule has 16 amide bonds. The first kappa shape index (κ1) is 89.8. The number of phenols is 1. The molecule has 23 N–H and O–H groups in total. The van der Waals surface area contributed by atoms with E-state index in [4.69, 9.17) is 17.2 Å². The first-order chi connectivity index (χ1) is 49.7. The number of hydrogen-bond acceptors (Lipinski definition) is 23. The van der Waals surface area contributed by atoms with Crippen LogP contribution in [0, 0.1) is 11.8 Å². The first-order valence-corrected chi connectivity index (χ1v) is 36.3. The summed E-state index contributed by atoms with van der Waals surface area (Å²) in [5.41, 5.74) is 17.4. The van der Waals surface area contributed by atoms with Crippen LogP contribution in [-0.2, 0) is 97.5 Å². The minimum atomic E-state index is -2.07. The number of amides is 16. The van der Waals surface area contributed by atoms with Crippen molar-refractivity contribution in [1.29, 1.82) is 0 Å². The molecular weight excluding hydrogens is 1440 g/mol. The molecule has 2 aliphatic rings. The number of carboxylic acids is 3. The molecule has 2 aliphatic heterocycles. The van der Waals surface area contributed by atoms with Crippen LogP contribution in [0.25, 0.3) is 0 Å².